The van der Waals surface area contributed by atoms with Gasteiger partial charge in [0.15, 0.2) is 15.6 Å². The number of halogens is 3. The molecular weight excluding hydrogens is 243 g/mol. The molecule has 0 saturated carbocycles. The van der Waals surface area contributed by atoms with E-state index in [2.05, 4.69) is 0 Å². The molecule has 0 spiro atoms. The minimum absolute atomic E-state index is 0.145. The highest BCUT2D eigenvalue weighted by atomic mass is 32.2. The lowest BCUT2D eigenvalue weighted by atomic mass is 10.2. The lowest BCUT2D eigenvalue weighted by Gasteiger charge is -2.11. The van der Waals surface area contributed by atoms with E-state index in [-0.39, 0.29) is 16.1 Å². The Balaban J connectivity index is 3.24. The van der Waals surface area contributed by atoms with Gasteiger partial charge in [0, 0.05) is 5.69 Å². The molecule has 7 heteroatoms. The van der Waals surface area contributed by atoms with Crippen molar-refractivity contribution >= 4 is 15.5 Å². The highest BCUT2D eigenvalue weighted by Gasteiger charge is 2.36. The molecule has 0 fully saturated rings. The summed E-state index contributed by atoms with van der Waals surface area (Å²) >= 11 is 0. The molecular formula is C9H10F3NO2S. The van der Waals surface area contributed by atoms with E-state index < -0.39 is 21.8 Å². The summed E-state index contributed by atoms with van der Waals surface area (Å²) in [5, 5.41) is 0. The maximum atomic E-state index is 12.1. The Bertz CT molecular complexity index is 494. The SMILES string of the molecule is Cc1c(N)cccc1S(=O)(=O)CC(F)(F)F. The minimum Gasteiger partial charge on any atom is -0.398 e. The summed E-state index contributed by atoms with van der Waals surface area (Å²) < 4.78 is 59.1. The van der Waals surface area contributed by atoms with Crippen LogP contribution in [-0.2, 0) is 9.84 Å². The van der Waals surface area contributed by atoms with Crippen LogP contribution in [0.2, 0.25) is 0 Å². The third-order valence-electron chi connectivity index (χ3n) is 2.01. The third-order valence-corrected chi connectivity index (χ3v) is 3.83. The van der Waals surface area contributed by atoms with Gasteiger partial charge in [-0.3, -0.25) is 0 Å². The Kier molecular flexibility index (Phi) is 3.18. The van der Waals surface area contributed by atoms with Crippen LogP contribution in [0.25, 0.3) is 0 Å². The molecule has 0 unspecified atom stereocenters. The second kappa shape index (κ2) is 3.97. The molecule has 0 aliphatic carbocycles. The Morgan fingerprint density at radius 1 is 1.31 bits per heavy atom. The van der Waals surface area contributed by atoms with Crippen molar-refractivity contribution in [3.05, 3.63) is 23.8 Å². The van der Waals surface area contributed by atoms with Crippen LogP contribution in [0.15, 0.2) is 23.1 Å². The predicted molar refractivity (Wildman–Crippen MR) is 53.7 cm³/mol. The zero-order valence-electron chi connectivity index (χ0n) is 8.38. The summed E-state index contributed by atoms with van der Waals surface area (Å²) in [5.41, 5.74) is 5.74. The molecule has 3 nitrogen and oxygen atoms in total. The molecule has 2 N–H and O–H groups in total. The zero-order chi connectivity index (χ0) is 12.6. The van der Waals surface area contributed by atoms with E-state index in [0.717, 1.165) is 6.07 Å². The van der Waals surface area contributed by atoms with Crippen molar-refractivity contribution in [1.82, 2.24) is 0 Å². The van der Waals surface area contributed by atoms with E-state index in [9.17, 15) is 21.6 Å². The average Bonchev–Trinajstić information content (AvgIpc) is 2.05. The molecule has 1 aromatic carbocycles. The first-order valence-corrected chi connectivity index (χ1v) is 5.93. The number of hydrogen-bond donors (Lipinski definition) is 1. The molecule has 0 saturated heterocycles. The van der Waals surface area contributed by atoms with Gasteiger partial charge in [-0.15, -0.1) is 0 Å². The van der Waals surface area contributed by atoms with Gasteiger partial charge >= 0.3 is 6.18 Å². The summed E-state index contributed by atoms with van der Waals surface area (Å²) in [6.45, 7) is 1.37. The van der Waals surface area contributed by atoms with Crippen molar-refractivity contribution in [1.29, 1.82) is 0 Å². The second-order valence-electron chi connectivity index (χ2n) is 3.34. The van der Waals surface area contributed by atoms with E-state index in [1.165, 1.54) is 19.1 Å². The quantitative estimate of drug-likeness (QED) is 0.819. The smallest absolute Gasteiger partial charge is 0.398 e. The number of benzene rings is 1. The van der Waals surface area contributed by atoms with Crippen LogP contribution in [0.3, 0.4) is 0 Å². The Morgan fingerprint density at radius 3 is 2.38 bits per heavy atom. The maximum absolute atomic E-state index is 12.1. The number of rotatable bonds is 2. The van der Waals surface area contributed by atoms with Gasteiger partial charge in [0.2, 0.25) is 0 Å². The predicted octanol–water partition coefficient (Wildman–Crippen LogP) is 1.91. The largest absolute Gasteiger partial charge is 0.403 e. The first kappa shape index (κ1) is 12.8. The van der Waals surface area contributed by atoms with Crippen LogP contribution in [0, 0.1) is 6.92 Å². The molecule has 90 valence electrons. The summed E-state index contributed by atoms with van der Waals surface area (Å²) in [7, 11) is -4.38. The first-order valence-electron chi connectivity index (χ1n) is 4.28. The van der Waals surface area contributed by atoms with Gasteiger partial charge in [-0.1, -0.05) is 6.07 Å². The first-order chi connectivity index (χ1) is 7.13. The van der Waals surface area contributed by atoms with Crippen LogP contribution in [-0.4, -0.2) is 20.3 Å². The standard InChI is InChI=1S/C9H10F3NO2S/c1-6-7(13)3-2-4-8(6)16(14,15)5-9(10,11)12/h2-4H,5,13H2,1H3. The number of nitrogens with two attached hydrogens (primary N) is 1. The maximum Gasteiger partial charge on any atom is 0.403 e. The van der Waals surface area contributed by atoms with Crippen LogP contribution < -0.4 is 5.73 Å². The summed E-state index contributed by atoms with van der Waals surface area (Å²) in [6, 6.07) is 3.86. The molecule has 16 heavy (non-hydrogen) atoms. The van der Waals surface area contributed by atoms with E-state index >= 15 is 0 Å². The fourth-order valence-corrected chi connectivity index (χ4v) is 2.72. The molecule has 0 amide bonds. The third kappa shape index (κ3) is 2.88. The van der Waals surface area contributed by atoms with E-state index in [1.54, 1.807) is 0 Å². The number of anilines is 1. The lowest BCUT2D eigenvalue weighted by Crippen LogP contribution is -2.23. The molecule has 1 aromatic rings. The number of alkyl halides is 3. The topological polar surface area (TPSA) is 60.2 Å². The van der Waals surface area contributed by atoms with Gasteiger partial charge < -0.3 is 5.73 Å². The van der Waals surface area contributed by atoms with Crippen LogP contribution >= 0.6 is 0 Å². The fourth-order valence-electron chi connectivity index (χ4n) is 1.26. The summed E-state index contributed by atoms with van der Waals surface area (Å²) in [6.07, 6.45) is -4.75. The van der Waals surface area contributed by atoms with Gasteiger partial charge in [0.1, 0.15) is 0 Å². The van der Waals surface area contributed by atoms with Crippen LogP contribution in [0.5, 0.6) is 0 Å². The van der Waals surface area contributed by atoms with Crippen molar-refractivity contribution < 1.29 is 21.6 Å². The molecule has 0 aromatic heterocycles. The van der Waals surface area contributed by atoms with Crippen LogP contribution in [0.4, 0.5) is 18.9 Å². The minimum atomic E-state index is -4.75. The van der Waals surface area contributed by atoms with Crippen molar-refractivity contribution in [2.75, 3.05) is 11.5 Å². The van der Waals surface area contributed by atoms with E-state index in [0.29, 0.717) is 0 Å². The fraction of sp³-hybridized carbons (Fsp3) is 0.333. The van der Waals surface area contributed by atoms with Gasteiger partial charge in [0.05, 0.1) is 4.90 Å². The Labute approximate surface area is 91.0 Å². The molecule has 0 bridgehead atoms. The summed E-state index contributed by atoms with van der Waals surface area (Å²) in [4.78, 5) is -0.371. The van der Waals surface area contributed by atoms with Gasteiger partial charge in [-0.2, -0.15) is 13.2 Å². The molecule has 1 rings (SSSR count). The lowest BCUT2D eigenvalue weighted by molar-refractivity contribution is -0.106. The number of nitrogen functional groups attached to an aromatic ring is 1. The Morgan fingerprint density at radius 2 is 1.88 bits per heavy atom. The molecule has 0 radical (unpaired) electrons. The van der Waals surface area contributed by atoms with Gasteiger partial charge in [-0.25, -0.2) is 8.42 Å². The average molecular weight is 253 g/mol. The monoisotopic (exact) mass is 253 g/mol. The number of hydrogen-bond acceptors (Lipinski definition) is 3. The van der Waals surface area contributed by atoms with E-state index in [4.69, 9.17) is 5.73 Å². The summed E-state index contributed by atoms with van der Waals surface area (Å²) in [5.74, 6) is -1.87. The highest BCUT2D eigenvalue weighted by Crippen LogP contribution is 2.26. The Hall–Kier alpha value is -1.24. The number of sulfone groups is 1. The normalized spacial score (nSPS) is 12.8. The van der Waals surface area contributed by atoms with Crippen molar-refractivity contribution in [3.8, 4) is 0 Å². The molecule has 0 atom stereocenters. The van der Waals surface area contributed by atoms with Crippen LogP contribution in [0.1, 0.15) is 5.56 Å². The molecule has 0 aliphatic rings. The molecule has 0 heterocycles. The van der Waals surface area contributed by atoms with Crippen molar-refractivity contribution in [2.24, 2.45) is 0 Å². The molecule has 0 aliphatic heterocycles. The second-order valence-corrected chi connectivity index (χ2v) is 5.30. The van der Waals surface area contributed by atoms with E-state index in [1.807, 2.05) is 0 Å². The van der Waals surface area contributed by atoms with Gasteiger partial charge in [-0.05, 0) is 24.6 Å². The van der Waals surface area contributed by atoms with Crippen molar-refractivity contribution in [2.45, 2.75) is 18.0 Å². The highest BCUT2D eigenvalue weighted by molar-refractivity contribution is 7.91. The zero-order valence-corrected chi connectivity index (χ0v) is 9.19. The van der Waals surface area contributed by atoms with Crippen molar-refractivity contribution in [3.63, 3.8) is 0 Å². The van der Waals surface area contributed by atoms with Gasteiger partial charge in [0.25, 0.3) is 0 Å².